The average molecular weight is 853 g/mol. The molecule has 0 saturated heterocycles. The summed E-state index contributed by atoms with van der Waals surface area (Å²) in [5.74, 6) is -1.25. The summed E-state index contributed by atoms with van der Waals surface area (Å²) in [4.78, 5) is 35.1. The van der Waals surface area contributed by atoms with Gasteiger partial charge in [0, 0.05) is 12.8 Å². The van der Waals surface area contributed by atoms with E-state index in [0.29, 0.717) is 6.42 Å². The van der Waals surface area contributed by atoms with Gasteiger partial charge in [-0.3, -0.25) is 18.6 Å². The van der Waals surface area contributed by atoms with Gasteiger partial charge in [0.1, 0.15) is 12.7 Å². The minimum Gasteiger partial charge on any atom is -0.462 e. The predicted octanol–water partition coefficient (Wildman–Crippen LogP) is 9.39. The molecule has 0 aromatic rings. The standard InChI is InChI=1S/C46H77O12P/c1-3-5-7-9-11-13-15-17-18-19-20-21-23-25-27-29-31-35-45(51)55-39-42(40-57-59(53,54)56-38-41(48)37-47)58-46(52)36-32-34-44(50)43(49)33-30-28-26-24-22-16-14-12-10-8-6-4-2/h5,7,11-14,17-18,20-22,24,28,30,41-44,47-50H,3-4,6,8-10,15-16,19,23,25-27,29,31-40H2,1-2H3,(H,53,54)/b7-5-,13-11-,14-12-,18-17-,21-20-,24-22-,30-28-/t41-,42+,43?,44?/m0/s1. The zero-order chi connectivity index (χ0) is 43.7. The number of unbranched alkanes of at least 4 members (excludes halogenated alkanes) is 7. The molecule has 0 heterocycles. The molecule has 338 valence electrons. The highest BCUT2D eigenvalue weighted by Gasteiger charge is 2.27. The number of hydrogen-bond acceptors (Lipinski definition) is 11. The maximum atomic E-state index is 12.7. The van der Waals surface area contributed by atoms with Crippen molar-refractivity contribution in [2.24, 2.45) is 0 Å². The third-order valence-electron chi connectivity index (χ3n) is 8.73. The Kier molecular flexibility index (Phi) is 38.5. The molecule has 0 radical (unpaired) electrons. The lowest BCUT2D eigenvalue weighted by Gasteiger charge is -2.20. The summed E-state index contributed by atoms with van der Waals surface area (Å²) in [7, 11) is -4.71. The summed E-state index contributed by atoms with van der Waals surface area (Å²) in [6, 6.07) is 0. The lowest BCUT2D eigenvalue weighted by atomic mass is 10.0. The fourth-order valence-electron chi connectivity index (χ4n) is 5.26. The van der Waals surface area contributed by atoms with Crippen LogP contribution in [0.2, 0.25) is 0 Å². The van der Waals surface area contributed by atoms with Crippen molar-refractivity contribution in [2.75, 3.05) is 26.4 Å². The van der Waals surface area contributed by atoms with Crippen molar-refractivity contribution in [3.63, 3.8) is 0 Å². The first-order chi connectivity index (χ1) is 28.5. The Morgan fingerprint density at radius 2 is 1.08 bits per heavy atom. The molecule has 0 aliphatic carbocycles. The first-order valence-electron chi connectivity index (χ1n) is 21.7. The van der Waals surface area contributed by atoms with Gasteiger partial charge in [-0.2, -0.15) is 0 Å². The van der Waals surface area contributed by atoms with Crippen LogP contribution in [0.15, 0.2) is 85.1 Å². The number of rotatable bonds is 39. The number of carbonyl (C=O) groups is 2. The molecular weight excluding hydrogens is 775 g/mol. The van der Waals surface area contributed by atoms with E-state index in [1.165, 1.54) is 19.3 Å². The topological polar surface area (TPSA) is 189 Å². The fourth-order valence-corrected chi connectivity index (χ4v) is 6.05. The van der Waals surface area contributed by atoms with Gasteiger partial charge in [0.05, 0.1) is 32.0 Å². The normalized spacial score (nSPS) is 15.7. The van der Waals surface area contributed by atoms with Crippen LogP contribution in [0.3, 0.4) is 0 Å². The van der Waals surface area contributed by atoms with Gasteiger partial charge in [0.25, 0.3) is 0 Å². The zero-order valence-electron chi connectivity index (χ0n) is 35.9. The van der Waals surface area contributed by atoms with Crippen LogP contribution in [0, 0.1) is 0 Å². The molecule has 59 heavy (non-hydrogen) atoms. The monoisotopic (exact) mass is 853 g/mol. The van der Waals surface area contributed by atoms with E-state index >= 15 is 0 Å². The SMILES string of the molecule is CC/C=C\C/C=C\C/C=C\C/C=C\CCCCCCC(=O)OC[C@H](COP(=O)(O)OC[C@@H](O)CO)OC(=O)CCCC(O)C(O)C/C=C\C/C=C\C/C=C\CCCCC. The number of aliphatic hydroxyl groups is 4. The number of aliphatic hydroxyl groups excluding tert-OH is 4. The number of allylic oxidation sites excluding steroid dienone is 13. The fraction of sp³-hybridized carbons (Fsp3) is 0.652. The molecule has 0 aliphatic rings. The molecule has 0 spiro atoms. The lowest BCUT2D eigenvalue weighted by molar-refractivity contribution is -0.161. The van der Waals surface area contributed by atoms with Gasteiger partial charge in [0.15, 0.2) is 6.10 Å². The zero-order valence-corrected chi connectivity index (χ0v) is 36.8. The number of carbonyl (C=O) groups excluding carboxylic acids is 2. The van der Waals surface area contributed by atoms with E-state index in [0.717, 1.165) is 70.6 Å². The Hall–Kier alpha value is -2.93. The molecule has 0 aromatic carbocycles. The number of phosphoric ester groups is 1. The first kappa shape index (κ1) is 56.1. The maximum absolute atomic E-state index is 12.7. The molecule has 0 bridgehead atoms. The second-order valence-electron chi connectivity index (χ2n) is 14.3. The van der Waals surface area contributed by atoms with Gasteiger partial charge in [-0.15, -0.1) is 0 Å². The number of hydrogen-bond donors (Lipinski definition) is 5. The summed E-state index contributed by atoms with van der Waals surface area (Å²) in [6.45, 7) is 1.85. The van der Waals surface area contributed by atoms with E-state index in [4.69, 9.17) is 19.1 Å². The number of ether oxygens (including phenoxy) is 2. The predicted molar refractivity (Wildman–Crippen MR) is 235 cm³/mol. The molecule has 0 aliphatic heterocycles. The second kappa shape index (κ2) is 40.5. The molecule has 0 amide bonds. The molecule has 0 aromatic heterocycles. The minimum absolute atomic E-state index is 0.126. The highest BCUT2D eigenvalue weighted by atomic mass is 31.2. The van der Waals surface area contributed by atoms with Crippen molar-refractivity contribution in [3.05, 3.63) is 85.1 Å². The Labute approximate surface area is 355 Å². The van der Waals surface area contributed by atoms with E-state index in [-0.39, 0.29) is 32.1 Å². The molecule has 13 heteroatoms. The van der Waals surface area contributed by atoms with Crippen LogP contribution in [0.25, 0.3) is 0 Å². The first-order valence-corrected chi connectivity index (χ1v) is 23.2. The van der Waals surface area contributed by atoms with Crippen molar-refractivity contribution >= 4 is 19.8 Å². The molecule has 5 atom stereocenters. The third-order valence-corrected chi connectivity index (χ3v) is 9.69. The van der Waals surface area contributed by atoms with Gasteiger partial charge in [-0.1, -0.05) is 125 Å². The van der Waals surface area contributed by atoms with Crippen LogP contribution in [0.5, 0.6) is 0 Å². The summed E-state index contributed by atoms with van der Waals surface area (Å²) in [6.07, 6.45) is 40.0. The largest absolute Gasteiger partial charge is 0.472 e. The van der Waals surface area contributed by atoms with E-state index in [2.05, 4.69) is 85.2 Å². The number of esters is 2. The molecule has 3 unspecified atom stereocenters. The summed E-state index contributed by atoms with van der Waals surface area (Å²) < 4.78 is 32.5. The molecule has 12 nitrogen and oxygen atoms in total. The average Bonchev–Trinajstić information content (AvgIpc) is 3.22. The summed E-state index contributed by atoms with van der Waals surface area (Å²) >= 11 is 0. The van der Waals surface area contributed by atoms with Crippen molar-refractivity contribution in [1.29, 1.82) is 0 Å². The van der Waals surface area contributed by atoms with E-state index in [1.54, 1.807) is 6.08 Å². The van der Waals surface area contributed by atoms with E-state index in [9.17, 15) is 34.4 Å². The molecule has 5 N–H and O–H groups in total. The van der Waals surface area contributed by atoms with Crippen molar-refractivity contribution in [2.45, 2.75) is 167 Å². The van der Waals surface area contributed by atoms with Crippen LogP contribution < -0.4 is 0 Å². The van der Waals surface area contributed by atoms with Gasteiger partial charge in [0.2, 0.25) is 0 Å². The smallest absolute Gasteiger partial charge is 0.462 e. The van der Waals surface area contributed by atoms with E-state index in [1.807, 2.05) is 12.2 Å². The van der Waals surface area contributed by atoms with Gasteiger partial charge in [-0.25, -0.2) is 4.57 Å². The number of phosphoric acid groups is 1. The quantitative estimate of drug-likeness (QED) is 0.0171. The molecule has 0 rings (SSSR count). The van der Waals surface area contributed by atoms with Crippen LogP contribution in [0.1, 0.15) is 142 Å². The highest BCUT2D eigenvalue weighted by Crippen LogP contribution is 2.43. The Morgan fingerprint density at radius 1 is 0.576 bits per heavy atom. The van der Waals surface area contributed by atoms with Crippen molar-refractivity contribution in [1.82, 2.24) is 0 Å². The van der Waals surface area contributed by atoms with Crippen LogP contribution in [-0.4, -0.2) is 88.1 Å². The van der Waals surface area contributed by atoms with Crippen LogP contribution in [0.4, 0.5) is 0 Å². The van der Waals surface area contributed by atoms with E-state index < -0.39 is 70.6 Å². The minimum atomic E-state index is -4.71. The lowest BCUT2D eigenvalue weighted by Crippen LogP contribution is -2.30. The third kappa shape index (κ3) is 39.0. The Morgan fingerprint density at radius 3 is 1.66 bits per heavy atom. The molecular formula is C46H77O12P. The maximum Gasteiger partial charge on any atom is 0.472 e. The van der Waals surface area contributed by atoms with Gasteiger partial charge in [-0.05, 0) is 89.9 Å². The van der Waals surface area contributed by atoms with Crippen molar-refractivity contribution < 1.29 is 58.0 Å². The van der Waals surface area contributed by atoms with Crippen LogP contribution in [-0.2, 0) is 32.7 Å². The highest BCUT2D eigenvalue weighted by molar-refractivity contribution is 7.47. The summed E-state index contributed by atoms with van der Waals surface area (Å²) in [5, 5.41) is 39.1. The second-order valence-corrected chi connectivity index (χ2v) is 15.7. The van der Waals surface area contributed by atoms with Gasteiger partial charge >= 0.3 is 19.8 Å². The van der Waals surface area contributed by atoms with Crippen LogP contribution >= 0.6 is 7.82 Å². The summed E-state index contributed by atoms with van der Waals surface area (Å²) in [5.41, 5.74) is 0. The van der Waals surface area contributed by atoms with Gasteiger partial charge < -0.3 is 34.8 Å². The molecule has 0 fully saturated rings. The Bertz CT molecular complexity index is 1290. The molecule has 0 saturated carbocycles. The Balaban J connectivity index is 4.61. The van der Waals surface area contributed by atoms with Crippen molar-refractivity contribution in [3.8, 4) is 0 Å².